The van der Waals surface area contributed by atoms with Crippen molar-refractivity contribution in [2.45, 2.75) is 32.4 Å². The zero-order chi connectivity index (χ0) is 15.8. The zero-order valence-electron chi connectivity index (χ0n) is 12.2. The summed E-state index contributed by atoms with van der Waals surface area (Å²) in [6, 6.07) is 3.55. The number of rotatable bonds is 3. The second kappa shape index (κ2) is 5.73. The van der Waals surface area contributed by atoms with Gasteiger partial charge in [0.25, 0.3) is 5.91 Å². The first kappa shape index (κ1) is 14.3. The number of aryl methyl sites for hydroxylation is 1. The quantitative estimate of drug-likeness (QED) is 0.723. The van der Waals surface area contributed by atoms with E-state index in [4.69, 9.17) is 0 Å². The van der Waals surface area contributed by atoms with Crippen LogP contribution in [0.3, 0.4) is 0 Å². The van der Waals surface area contributed by atoms with E-state index in [1.165, 1.54) is 0 Å². The van der Waals surface area contributed by atoms with Crippen molar-refractivity contribution in [3.8, 4) is 0 Å². The van der Waals surface area contributed by atoms with Crippen LogP contribution >= 0.6 is 15.9 Å². The van der Waals surface area contributed by atoms with E-state index in [1.807, 2.05) is 6.07 Å². The molecule has 1 aliphatic heterocycles. The number of hydrogen-bond acceptors (Lipinski definition) is 5. The molecule has 1 amide bonds. The summed E-state index contributed by atoms with van der Waals surface area (Å²) in [5, 5.41) is 21.9. The lowest BCUT2D eigenvalue weighted by molar-refractivity contribution is 0.0950. The predicted molar refractivity (Wildman–Crippen MR) is 85.7 cm³/mol. The fraction of sp³-hybridized carbons (Fsp3) is 0.357. The largest absolute Gasteiger partial charge is 0.345 e. The molecule has 9 heteroatoms. The molecule has 0 saturated heterocycles. The van der Waals surface area contributed by atoms with Gasteiger partial charge in [-0.25, -0.2) is 0 Å². The number of benzene rings is 1. The molecule has 118 valence electrons. The maximum absolute atomic E-state index is 12.5. The van der Waals surface area contributed by atoms with Gasteiger partial charge in [-0.05, 0) is 25.0 Å². The molecule has 23 heavy (non-hydrogen) atoms. The zero-order valence-corrected chi connectivity index (χ0v) is 13.8. The maximum atomic E-state index is 12.5. The number of aromatic amines is 1. The van der Waals surface area contributed by atoms with Gasteiger partial charge in [0, 0.05) is 17.4 Å². The van der Waals surface area contributed by atoms with Crippen LogP contribution in [0.1, 0.15) is 34.8 Å². The van der Waals surface area contributed by atoms with Gasteiger partial charge in [-0.15, -0.1) is 10.2 Å². The summed E-state index contributed by atoms with van der Waals surface area (Å²) >= 11 is 3.39. The standard InChI is InChI=1S/C14H14BrN7O/c15-8-5-9(13-10(6-8)17-21-20-13)14(23)16-7-12-19-18-11-3-1-2-4-22(11)12/h5-6H,1-4,7H2,(H,16,23)(H,17,20,21). The summed E-state index contributed by atoms with van der Waals surface area (Å²) in [6.45, 7) is 1.26. The lowest BCUT2D eigenvalue weighted by atomic mass is 10.1. The van der Waals surface area contributed by atoms with Crippen LogP contribution in [0.15, 0.2) is 16.6 Å². The fourth-order valence-electron chi connectivity index (χ4n) is 2.84. The van der Waals surface area contributed by atoms with Crippen LogP contribution in [-0.4, -0.2) is 36.1 Å². The molecule has 2 aromatic heterocycles. The maximum Gasteiger partial charge on any atom is 0.254 e. The minimum absolute atomic E-state index is 0.210. The normalized spacial score (nSPS) is 14.0. The molecule has 4 rings (SSSR count). The fourth-order valence-corrected chi connectivity index (χ4v) is 3.29. The van der Waals surface area contributed by atoms with Crippen molar-refractivity contribution in [2.75, 3.05) is 0 Å². The van der Waals surface area contributed by atoms with E-state index in [0.29, 0.717) is 23.1 Å². The highest BCUT2D eigenvalue weighted by Crippen LogP contribution is 2.21. The Balaban J connectivity index is 1.56. The first-order valence-electron chi connectivity index (χ1n) is 7.41. The van der Waals surface area contributed by atoms with Crippen molar-refractivity contribution in [3.05, 3.63) is 33.8 Å². The Morgan fingerprint density at radius 2 is 2.22 bits per heavy atom. The van der Waals surface area contributed by atoms with Crippen molar-refractivity contribution < 1.29 is 4.79 Å². The molecule has 0 bridgehead atoms. The SMILES string of the molecule is O=C(NCc1nnc2n1CCCC2)c1cc(Br)cc2n[nH]nc12. The number of aromatic nitrogens is 6. The van der Waals surface area contributed by atoms with Crippen molar-refractivity contribution in [2.24, 2.45) is 0 Å². The highest BCUT2D eigenvalue weighted by molar-refractivity contribution is 9.10. The molecule has 1 aromatic carbocycles. The Morgan fingerprint density at radius 1 is 1.30 bits per heavy atom. The van der Waals surface area contributed by atoms with Gasteiger partial charge in [0.05, 0.1) is 12.1 Å². The van der Waals surface area contributed by atoms with E-state index in [0.717, 1.165) is 41.9 Å². The van der Waals surface area contributed by atoms with Crippen LogP contribution in [-0.2, 0) is 19.5 Å². The third kappa shape index (κ3) is 2.61. The highest BCUT2D eigenvalue weighted by Gasteiger charge is 2.18. The van der Waals surface area contributed by atoms with Gasteiger partial charge in [0.15, 0.2) is 5.82 Å². The molecule has 0 aliphatic carbocycles. The lowest BCUT2D eigenvalue weighted by Gasteiger charge is -2.14. The number of nitrogens with zero attached hydrogens (tertiary/aromatic N) is 5. The van der Waals surface area contributed by atoms with Gasteiger partial charge >= 0.3 is 0 Å². The van der Waals surface area contributed by atoms with Gasteiger partial charge in [0.1, 0.15) is 16.9 Å². The summed E-state index contributed by atoms with van der Waals surface area (Å²) in [4.78, 5) is 12.5. The second-order valence-corrected chi connectivity index (χ2v) is 6.38. The van der Waals surface area contributed by atoms with Crippen molar-refractivity contribution in [1.29, 1.82) is 0 Å². The first-order chi connectivity index (χ1) is 11.2. The summed E-state index contributed by atoms with van der Waals surface area (Å²) in [7, 11) is 0. The Morgan fingerprint density at radius 3 is 3.13 bits per heavy atom. The van der Waals surface area contributed by atoms with Gasteiger partial charge in [-0.1, -0.05) is 15.9 Å². The Bertz CT molecular complexity index is 885. The second-order valence-electron chi connectivity index (χ2n) is 5.47. The smallest absolute Gasteiger partial charge is 0.254 e. The molecule has 1 aliphatic rings. The van der Waals surface area contributed by atoms with Gasteiger partial charge < -0.3 is 9.88 Å². The molecule has 8 nitrogen and oxygen atoms in total. The van der Waals surface area contributed by atoms with Gasteiger partial charge in [-0.2, -0.15) is 15.4 Å². The average Bonchev–Trinajstić information content (AvgIpc) is 3.18. The van der Waals surface area contributed by atoms with Crippen LogP contribution in [0.5, 0.6) is 0 Å². The summed E-state index contributed by atoms with van der Waals surface area (Å²) in [5.74, 6) is 1.58. The summed E-state index contributed by atoms with van der Waals surface area (Å²) in [5.41, 5.74) is 1.67. The predicted octanol–water partition coefficient (Wildman–Crippen LogP) is 1.58. The molecule has 3 aromatic rings. The number of hydrogen-bond donors (Lipinski definition) is 2. The molecular weight excluding hydrogens is 362 g/mol. The monoisotopic (exact) mass is 375 g/mol. The lowest BCUT2D eigenvalue weighted by Crippen LogP contribution is -2.26. The topological polar surface area (TPSA) is 101 Å². The molecule has 0 saturated carbocycles. The van der Waals surface area contributed by atoms with Gasteiger partial charge in [-0.3, -0.25) is 4.79 Å². The van der Waals surface area contributed by atoms with E-state index in [-0.39, 0.29) is 5.91 Å². The summed E-state index contributed by atoms with van der Waals surface area (Å²) < 4.78 is 2.88. The number of nitrogens with one attached hydrogen (secondary N) is 2. The minimum Gasteiger partial charge on any atom is -0.345 e. The van der Waals surface area contributed by atoms with E-state index >= 15 is 0 Å². The highest BCUT2D eigenvalue weighted by atomic mass is 79.9. The summed E-state index contributed by atoms with van der Waals surface area (Å²) in [6.07, 6.45) is 3.22. The number of halogens is 1. The number of carbonyl (C=O) groups is 1. The molecule has 0 unspecified atom stereocenters. The molecule has 0 radical (unpaired) electrons. The third-order valence-electron chi connectivity index (χ3n) is 3.97. The molecular formula is C14H14BrN7O. The molecule has 0 spiro atoms. The van der Waals surface area contributed by atoms with Crippen LogP contribution in [0.4, 0.5) is 0 Å². The molecule has 0 atom stereocenters. The Kier molecular flexibility index (Phi) is 3.56. The third-order valence-corrected chi connectivity index (χ3v) is 4.43. The van der Waals surface area contributed by atoms with E-state index in [1.54, 1.807) is 6.07 Å². The van der Waals surface area contributed by atoms with Gasteiger partial charge in [0.2, 0.25) is 0 Å². The Labute approximate surface area is 139 Å². The number of amides is 1. The van der Waals surface area contributed by atoms with E-state index in [9.17, 15) is 4.79 Å². The van der Waals surface area contributed by atoms with Crippen molar-refractivity contribution in [3.63, 3.8) is 0 Å². The molecule has 0 fully saturated rings. The number of H-pyrrole nitrogens is 1. The minimum atomic E-state index is -0.210. The Hall–Kier alpha value is -2.29. The van der Waals surface area contributed by atoms with Crippen molar-refractivity contribution >= 4 is 32.9 Å². The van der Waals surface area contributed by atoms with E-state index in [2.05, 4.69) is 51.4 Å². The van der Waals surface area contributed by atoms with Crippen molar-refractivity contribution in [1.82, 2.24) is 35.5 Å². The van der Waals surface area contributed by atoms with Crippen LogP contribution < -0.4 is 5.32 Å². The van der Waals surface area contributed by atoms with E-state index < -0.39 is 0 Å². The number of carbonyl (C=O) groups excluding carboxylic acids is 1. The molecule has 3 heterocycles. The van der Waals surface area contributed by atoms with Crippen LogP contribution in [0, 0.1) is 0 Å². The average molecular weight is 376 g/mol. The van der Waals surface area contributed by atoms with Crippen LogP contribution in [0.25, 0.3) is 11.0 Å². The van der Waals surface area contributed by atoms with Crippen LogP contribution in [0.2, 0.25) is 0 Å². The first-order valence-corrected chi connectivity index (χ1v) is 8.21. The number of fused-ring (bicyclic) bond motifs is 2. The molecule has 2 N–H and O–H groups in total.